The lowest BCUT2D eigenvalue weighted by Crippen LogP contribution is -2.26. The molecule has 1 fully saturated rings. The number of rotatable bonds is 6. The number of fused-ring (bicyclic) bond motifs is 2. The predicted molar refractivity (Wildman–Crippen MR) is 111 cm³/mol. The van der Waals surface area contributed by atoms with E-state index in [1.807, 2.05) is 18.2 Å². The zero-order chi connectivity index (χ0) is 21.9. The molecule has 2 unspecified atom stereocenters. The highest BCUT2D eigenvalue weighted by Gasteiger charge is 2.65. The normalized spacial score (nSPS) is 22.8. The van der Waals surface area contributed by atoms with Gasteiger partial charge < -0.3 is 14.6 Å². The van der Waals surface area contributed by atoms with Gasteiger partial charge in [0.25, 0.3) is 0 Å². The fourth-order valence-electron chi connectivity index (χ4n) is 4.66. The van der Waals surface area contributed by atoms with Crippen molar-refractivity contribution in [2.45, 2.75) is 38.7 Å². The minimum absolute atomic E-state index is 0.00464. The molecule has 1 aliphatic carbocycles. The largest absolute Gasteiger partial charge is 0.493 e. The van der Waals surface area contributed by atoms with Gasteiger partial charge in [-0.05, 0) is 42.5 Å². The maximum atomic E-state index is 12.3. The van der Waals surface area contributed by atoms with Crippen molar-refractivity contribution >= 4 is 17.6 Å². The molecular formula is C23H23N3O5. The van der Waals surface area contributed by atoms with Crippen LogP contribution in [0.25, 0.3) is 16.9 Å². The number of methoxy groups -OCH3 is 1. The zero-order valence-corrected chi connectivity index (χ0v) is 17.6. The fourth-order valence-corrected chi connectivity index (χ4v) is 4.66. The van der Waals surface area contributed by atoms with Gasteiger partial charge in [-0.1, -0.05) is 26.3 Å². The van der Waals surface area contributed by atoms with Crippen LogP contribution >= 0.6 is 0 Å². The van der Waals surface area contributed by atoms with Crippen molar-refractivity contribution in [1.82, 2.24) is 14.6 Å². The first-order chi connectivity index (χ1) is 14.9. The average molecular weight is 421 g/mol. The molecule has 3 atom stereocenters. The van der Waals surface area contributed by atoms with Crippen molar-refractivity contribution in [1.29, 1.82) is 0 Å². The molecular weight excluding hydrogens is 398 g/mol. The second-order valence-corrected chi connectivity index (χ2v) is 8.38. The number of esters is 1. The van der Waals surface area contributed by atoms with Crippen LogP contribution in [-0.2, 0) is 21.6 Å². The summed E-state index contributed by atoms with van der Waals surface area (Å²) in [7, 11) is 1.55. The van der Waals surface area contributed by atoms with Crippen molar-refractivity contribution in [3.8, 4) is 17.0 Å². The summed E-state index contributed by atoms with van der Waals surface area (Å²) < 4.78 is 12.2. The molecule has 3 heterocycles. The number of hydrogen-bond donors (Lipinski definition) is 1. The quantitative estimate of drug-likeness (QED) is 0.608. The molecule has 2 aromatic heterocycles. The van der Waals surface area contributed by atoms with E-state index in [2.05, 4.69) is 23.9 Å². The predicted octanol–water partition coefficient (Wildman–Crippen LogP) is 3.46. The Labute approximate surface area is 178 Å². The topological polar surface area (TPSA) is 103 Å². The third-order valence-electron chi connectivity index (χ3n) is 6.77. The third kappa shape index (κ3) is 2.74. The maximum Gasteiger partial charge on any atom is 0.338 e. The van der Waals surface area contributed by atoms with E-state index in [0.717, 1.165) is 23.2 Å². The lowest BCUT2D eigenvalue weighted by molar-refractivity contribution is -0.140. The number of aliphatic carboxylic acids is 1. The van der Waals surface area contributed by atoms with Gasteiger partial charge in [-0.2, -0.15) is 0 Å². The molecule has 8 nitrogen and oxygen atoms in total. The van der Waals surface area contributed by atoms with Crippen LogP contribution in [0.2, 0.25) is 0 Å². The molecule has 160 valence electrons. The Morgan fingerprint density at radius 3 is 2.90 bits per heavy atom. The van der Waals surface area contributed by atoms with Crippen LogP contribution in [0.15, 0.2) is 30.3 Å². The zero-order valence-electron chi connectivity index (χ0n) is 17.6. The lowest BCUT2D eigenvalue weighted by atomic mass is 9.93. The summed E-state index contributed by atoms with van der Waals surface area (Å²) in [5.41, 5.74) is 2.35. The highest BCUT2D eigenvalue weighted by molar-refractivity contribution is 5.94. The Kier molecular flexibility index (Phi) is 4.28. The van der Waals surface area contributed by atoms with Crippen molar-refractivity contribution in [3.63, 3.8) is 0 Å². The summed E-state index contributed by atoms with van der Waals surface area (Å²) in [6, 6.07) is 9.13. The van der Waals surface area contributed by atoms with Crippen molar-refractivity contribution in [2.75, 3.05) is 7.11 Å². The fraction of sp³-hybridized carbons (Fsp3) is 0.391. The second kappa shape index (κ2) is 6.80. The smallest absolute Gasteiger partial charge is 0.338 e. The first-order valence-corrected chi connectivity index (χ1v) is 10.4. The van der Waals surface area contributed by atoms with Crippen molar-refractivity contribution in [3.05, 3.63) is 47.3 Å². The van der Waals surface area contributed by atoms with E-state index in [9.17, 15) is 14.7 Å². The molecule has 0 bridgehead atoms. The summed E-state index contributed by atoms with van der Waals surface area (Å²) in [6.07, 6.45) is 1.43. The SMILES string of the molecule is CC[C@@H](C)C1CC1(C(=O)O)c1nc2c(OC)ccc(-c3ccc4c(c3)COC4=O)n2n1. The van der Waals surface area contributed by atoms with Crippen LogP contribution in [0.1, 0.15) is 48.4 Å². The van der Waals surface area contributed by atoms with Crippen LogP contribution in [-0.4, -0.2) is 38.8 Å². The molecule has 0 saturated heterocycles. The summed E-state index contributed by atoms with van der Waals surface area (Å²) in [4.78, 5) is 28.7. The molecule has 0 spiro atoms. The summed E-state index contributed by atoms with van der Waals surface area (Å²) in [6.45, 7) is 4.38. The van der Waals surface area contributed by atoms with Gasteiger partial charge in [0, 0.05) is 11.1 Å². The number of carbonyl (C=O) groups is 2. The number of ether oxygens (including phenoxy) is 2. The molecule has 0 amide bonds. The summed E-state index contributed by atoms with van der Waals surface area (Å²) >= 11 is 0. The first-order valence-electron chi connectivity index (χ1n) is 10.4. The molecule has 3 aromatic rings. The van der Waals surface area contributed by atoms with E-state index in [1.165, 1.54) is 0 Å². The minimum Gasteiger partial charge on any atom is -0.493 e. The van der Waals surface area contributed by atoms with Gasteiger partial charge in [0.2, 0.25) is 0 Å². The van der Waals surface area contributed by atoms with Crippen LogP contribution in [0.4, 0.5) is 0 Å². The summed E-state index contributed by atoms with van der Waals surface area (Å²) in [5.74, 6) is -0.109. The minimum atomic E-state index is -1.07. The molecule has 1 aromatic carbocycles. The Morgan fingerprint density at radius 1 is 1.39 bits per heavy atom. The number of benzene rings is 1. The Bertz CT molecular complexity index is 1230. The van der Waals surface area contributed by atoms with Gasteiger partial charge in [-0.3, -0.25) is 4.79 Å². The molecule has 1 aliphatic heterocycles. The Balaban J connectivity index is 1.67. The number of cyclic esters (lactones) is 1. The third-order valence-corrected chi connectivity index (χ3v) is 6.77. The van der Waals surface area contributed by atoms with Crippen LogP contribution in [0, 0.1) is 11.8 Å². The number of nitrogens with zero attached hydrogens (tertiary/aromatic N) is 3. The van der Waals surface area contributed by atoms with Gasteiger partial charge in [-0.15, -0.1) is 5.10 Å². The molecule has 2 aliphatic rings. The van der Waals surface area contributed by atoms with Gasteiger partial charge >= 0.3 is 11.9 Å². The van der Waals surface area contributed by atoms with Crippen LogP contribution < -0.4 is 4.74 Å². The van der Waals surface area contributed by atoms with E-state index in [4.69, 9.17) is 9.47 Å². The van der Waals surface area contributed by atoms with E-state index in [1.54, 1.807) is 23.8 Å². The Hall–Kier alpha value is -3.42. The summed E-state index contributed by atoms with van der Waals surface area (Å²) in [5, 5.41) is 14.7. The number of hydrogen-bond acceptors (Lipinski definition) is 6. The van der Waals surface area contributed by atoms with Gasteiger partial charge in [0.15, 0.2) is 17.2 Å². The highest BCUT2D eigenvalue weighted by Crippen LogP contribution is 2.58. The van der Waals surface area contributed by atoms with Crippen LogP contribution in [0.5, 0.6) is 5.75 Å². The molecule has 1 N–H and O–H groups in total. The first kappa shape index (κ1) is 19.5. The molecule has 31 heavy (non-hydrogen) atoms. The monoisotopic (exact) mass is 421 g/mol. The highest BCUT2D eigenvalue weighted by atomic mass is 16.5. The average Bonchev–Trinajstić information content (AvgIpc) is 3.22. The molecule has 1 saturated carbocycles. The van der Waals surface area contributed by atoms with E-state index in [0.29, 0.717) is 29.2 Å². The molecule has 8 heteroatoms. The lowest BCUT2D eigenvalue weighted by Gasteiger charge is -2.12. The molecule has 0 radical (unpaired) electrons. The van der Waals surface area contributed by atoms with Gasteiger partial charge in [0.05, 0.1) is 18.4 Å². The number of aromatic nitrogens is 3. The van der Waals surface area contributed by atoms with Gasteiger partial charge in [0.1, 0.15) is 12.0 Å². The number of carboxylic acids is 1. The van der Waals surface area contributed by atoms with E-state index in [-0.39, 0.29) is 24.4 Å². The van der Waals surface area contributed by atoms with E-state index < -0.39 is 11.4 Å². The number of pyridine rings is 1. The molecule has 5 rings (SSSR count). The van der Waals surface area contributed by atoms with Gasteiger partial charge in [-0.25, -0.2) is 14.3 Å². The van der Waals surface area contributed by atoms with Crippen molar-refractivity contribution in [2.24, 2.45) is 11.8 Å². The van der Waals surface area contributed by atoms with Crippen molar-refractivity contribution < 1.29 is 24.2 Å². The van der Waals surface area contributed by atoms with E-state index >= 15 is 0 Å². The second-order valence-electron chi connectivity index (χ2n) is 8.38. The number of carbonyl (C=O) groups excluding carboxylic acids is 1. The van der Waals surface area contributed by atoms with Crippen LogP contribution in [0.3, 0.4) is 0 Å². The number of carboxylic acid groups (broad SMARTS) is 1. The Morgan fingerprint density at radius 2 is 2.19 bits per heavy atom. The maximum absolute atomic E-state index is 12.3. The standard InChI is InChI=1S/C23H23N3O5/c1-4-12(2)16-10-23(16,22(28)29)21-24-19-18(30-3)8-7-17(26(19)25-21)13-5-6-15-14(9-13)11-31-20(15)27/h5-9,12,16H,4,10-11H2,1-3H3,(H,28,29)/t12-,16?,23?/m1/s1.